The molecule has 1 aromatic carbocycles. The summed E-state index contributed by atoms with van der Waals surface area (Å²) in [6, 6.07) is 10.5. The molecule has 16 heavy (non-hydrogen) atoms. The van der Waals surface area contributed by atoms with Gasteiger partial charge in [-0.25, -0.2) is 4.98 Å². The van der Waals surface area contributed by atoms with E-state index in [0.29, 0.717) is 11.3 Å². The molecule has 0 aliphatic carbocycles. The second-order valence-corrected chi connectivity index (χ2v) is 3.39. The number of nitrogens with zero attached hydrogens (tertiary/aromatic N) is 2. The SMILES string of the molecule is O=c1ccccn1-c1cccc2ncoc12. The van der Waals surface area contributed by atoms with Gasteiger partial charge in [-0.3, -0.25) is 9.36 Å². The molecule has 3 rings (SSSR count). The van der Waals surface area contributed by atoms with E-state index in [1.54, 1.807) is 18.3 Å². The van der Waals surface area contributed by atoms with Crippen LogP contribution in [0.4, 0.5) is 0 Å². The number of rotatable bonds is 1. The molecule has 78 valence electrons. The van der Waals surface area contributed by atoms with Crippen LogP contribution in [0.15, 0.2) is 58.2 Å². The van der Waals surface area contributed by atoms with Crippen molar-refractivity contribution in [2.45, 2.75) is 0 Å². The molecule has 0 unspecified atom stereocenters. The molecule has 2 aromatic heterocycles. The Morgan fingerprint density at radius 2 is 2.06 bits per heavy atom. The lowest BCUT2D eigenvalue weighted by Gasteiger charge is -2.04. The predicted octanol–water partition coefficient (Wildman–Crippen LogP) is 1.98. The van der Waals surface area contributed by atoms with Crippen LogP contribution in [0.25, 0.3) is 16.8 Å². The van der Waals surface area contributed by atoms with Crippen LogP contribution in [0.3, 0.4) is 0 Å². The van der Waals surface area contributed by atoms with E-state index in [2.05, 4.69) is 4.98 Å². The molecule has 0 radical (unpaired) electrons. The Morgan fingerprint density at radius 3 is 2.94 bits per heavy atom. The number of fused-ring (bicyclic) bond motifs is 1. The maximum Gasteiger partial charge on any atom is 0.255 e. The zero-order chi connectivity index (χ0) is 11.0. The summed E-state index contributed by atoms with van der Waals surface area (Å²) in [6.07, 6.45) is 3.09. The van der Waals surface area contributed by atoms with Crippen LogP contribution in [-0.2, 0) is 0 Å². The molecule has 3 aromatic rings. The highest BCUT2D eigenvalue weighted by atomic mass is 16.3. The molecule has 0 aliphatic heterocycles. The first-order chi connectivity index (χ1) is 7.86. The average molecular weight is 212 g/mol. The zero-order valence-electron chi connectivity index (χ0n) is 8.33. The maximum absolute atomic E-state index is 11.7. The number of hydrogen-bond donors (Lipinski definition) is 0. The molecule has 2 heterocycles. The largest absolute Gasteiger partial charge is 0.441 e. The van der Waals surface area contributed by atoms with Crippen molar-refractivity contribution in [1.82, 2.24) is 9.55 Å². The molecule has 0 spiro atoms. The topological polar surface area (TPSA) is 48.0 Å². The number of para-hydroxylation sites is 1. The lowest BCUT2D eigenvalue weighted by atomic mass is 10.2. The van der Waals surface area contributed by atoms with Gasteiger partial charge in [0.2, 0.25) is 0 Å². The van der Waals surface area contributed by atoms with E-state index in [9.17, 15) is 4.79 Å². The minimum atomic E-state index is -0.0913. The van der Waals surface area contributed by atoms with Crippen LogP contribution in [0.2, 0.25) is 0 Å². The normalized spacial score (nSPS) is 10.8. The molecule has 0 saturated heterocycles. The second kappa shape index (κ2) is 3.34. The number of benzene rings is 1. The Kier molecular flexibility index (Phi) is 1.86. The average Bonchev–Trinajstić information content (AvgIpc) is 2.77. The Hall–Kier alpha value is -2.36. The Balaban J connectivity index is 2.39. The third kappa shape index (κ3) is 1.24. The number of oxazole rings is 1. The second-order valence-electron chi connectivity index (χ2n) is 3.39. The van der Waals surface area contributed by atoms with Crippen LogP contribution >= 0.6 is 0 Å². The van der Waals surface area contributed by atoms with Gasteiger partial charge in [0.05, 0.1) is 5.69 Å². The lowest BCUT2D eigenvalue weighted by molar-refractivity contribution is 0.599. The van der Waals surface area contributed by atoms with E-state index < -0.39 is 0 Å². The van der Waals surface area contributed by atoms with E-state index >= 15 is 0 Å². The zero-order valence-corrected chi connectivity index (χ0v) is 8.33. The van der Waals surface area contributed by atoms with Gasteiger partial charge in [0.1, 0.15) is 5.52 Å². The van der Waals surface area contributed by atoms with Crippen molar-refractivity contribution in [3.63, 3.8) is 0 Å². The highest BCUT2D eigenvalue weighted by Gasteiger charge is 2.07. The van der Waals surface area contributed by atoms with E-state index in [1.165, 1.54) is 17.0 Å². The smallest absolute Gasteiger partial charge is 0.255 e. The van der Waals surface area contributed by atoms with E-state index in [4.69, 9.17) is 4.42 Å². The van der Waals surface area contributed by atoms with Gasteiger partial charge in [0, 0.05) is 12.3 Å². The standard InChI is InChI=1S/C12H8N2O2/c15-11-6-1-2-7-14(11)10-5-3-4-9-12(10)16-8-13-9/h1-8H. The first-order valence-corrected chi connectivity index (χ1v) is 4.86. The molecular formula is C12H8N2O2. The fourth-order valence-corrected chi connectivity index (χ4v) is 1.69. The van der Waals surface area contributed by atoms with E-state index in [-0.39, 0.29) is 5.56 Å². The number of aromatic nitrogens is 2. The van der Waals surface area contributed by atoms with Gasteiger partial charge in [-0.15, -0.1) is 0 Å². The Morgan fingerprint density at radius 1 is 1.12 bits per heavy atom. The summed E-state index contributed by atoms with van der Waals surface area (Å²) < 4.78 is 6.82. The summed E-state index contributed by atoms with van der Waals surface area (Å²) in [5.41, 5.74) is 1.98. The van der Waals surface area contributed by atoms with Gasteiger partial charge < -0.3 is 4.42 Å². The summed E-state index contributed by atoms with van der Waals surface area (Å²) in [4.78, 5) is 15.7. The van der Waals surface area contributed by atoms with Crippen LogP contribution in [0.5, 0.6) is 0 Å². The van der Waals surface area contributed by atoms with Crippen LogP contribution < -0.4 is 5.56 Å². The fourth-order valence-electron chi connectivity index (χ4n) is 1.69. The monoisotopic (exact) mass is 212 g/mol. The first-order valence-electron chi connectivity index (χ1n) is 4.86. The molecule has 0 N–H and O–H groups in total. The Bertz CT molecular complexity index is 697. The van der Waals surface area contributed by atoms with Crippen molar-refractivity contribution in [2.24, 2.45) is 0 Å². The van der Waals surface area contributed by atoms with Gasteiger partial charge in [-0.05, 0) is 18.2 Å². The van der Waals surface area contributed by atoms with Crippen molar-refractivity contribution in [2.75, 3.05) is 0 Å². The van der Waals surface area contributed by atoms with Crippen molar-refractivity contribution in [1.29, 1.82) is 0 Å². The van der Waals surface area contributed by atoms with Crippen LogP contribution in [0, 0.1) is 0 Å². The van der Waals surface area contributed by atoms with Gasteiger partial charge >= 0.3 is 0 Å². The molecule has 0 atom stereocenters. The molecule has 4 nitrogen and oxygen atoms in total. The molecule has 0 aliphatic rings. The van der Waals surface area contributed by atoms with Crippen LogP contribution in [-0.4, -0.2) is 9.55 Å². The summed E-state index contributed by atoms with van der Waals surface area (Å²) in [6.45, 7) is 0. The molecule has 0 amide bonds. The quantitative estimate of drug-likeness (QED) is 0.619. The van der Waals surface area contributed by atoms with Gasteiger partial charge in [0.25, 0.3) is 5.56 Å². The predicted molar refractivity (Wildman–Crippen MR) is 59.6 cm³/mol. The van der Waals surface area contributed by atoms with Gasteiger partial charge in [-0.2, -0.15) is 0 Å². The molecule has 0 fully saturated rings. The minimum Gasteiger partial charge on any atom is -0.441 e. The van der Waals surface area contributed by atoms with Gasteiger partial charge in [-0.1, -0.05) is 12.1 Å². The fraction of sp³-hybridized carbons (Fsp3) is 0. The third-order valence-corrected chi connectivity index (χ3v) is 2.42. The maximum atomic E-state index is 11.7. The molecular weight excluding hydrogens is 204 g/mol. The van der Waals surface area contributed by atoms with E-state index in [1.807, 2.05) is 18.2 Å². The van der Waals surface area contributed by atoms with Crippen molar-refractivity contribution in [3.05, 3.63) is 59.3 Å². The summed E-state index contributed by atoms with van der Waals surface area (Å²) in [5, 5.41) is 0. The molecule has 4 heteroatoms. The van der Waals surface area contributed by atoms with Crippen molar-refractivity contribution < 1.29 is 4.42 Å². The summed E-state index contributed by atoms with van der Waals surface area (Å²) in [7, 11) is 0. The van der Waals surface area contributed by atoms with Crippen molar-refractivity contribution >= 4 is 11.1 Å². The number of pyridine rings is 1. The first kappa shape index (κ1) is 8.91. The summed E-state index contributed by atoms with van der Waals surface area (Å²) >= 11 is 0. The highest BCUT2D eigenvalue weighted by molar-refractivity contribution is 5.81. The van der Waals surface area contributed by atoms with Crippen molar-refractivity contribution in [3.8, 4) is 5.69 Å². The minimum absolute atomic E-state index is 0.0913. The lowest BCUT2D eigenvalue weighted by Crippen LogP contribution is -2.15. The highest BCUT2D eigenvalue weighted by Crippen LogP contribution is 2.19. The number of hydrogen-bond acceptors (Lipinski definition) is 3. The molecule has 0 bridgehead atoms. The summed E-state index contributed by atoms with van der Waals surface area (Å²) in [5.74, 6) is 0. The van der Waals surface area contributed by atoms with E-state index in [0.717, 1.165) is 5.52 Å². The van der Waals surface area contributed by atoms with Crippen LogP contribution in [0.1, 0.15) is 0 Å². The Labute approximate surface area is 90.8 Å². The molecule has 0 saturated carbocycles. The van der Waals surface area contributed by atoms with Gasteiger partial charge in [0.15, 0.2) is 12.0 Å². The third-order valence-electron chi connectivity index (χ3n) is 2.42.